The van der Waals surface area contributed by atoms with E-state index in [2.05, 4.69) is 15.0 Å². The Morgan fingerprint density at radius 1 is 1.46 bits per heavy atom. The summed E-state index contributed by atoms with van der Waals surface area (Å²) in [7, 11) is -4.17. The Bertz CT molecular complexity index is 879. The van der Waals surface area contributed by atoms with Crippen LogP contribution in [0.1, 0.15) is 12.8 Å². The van der Waals surface area contributed by atoms with Crippen LogP contribution in [0.5, 0.6) is 0 Å². The van der Waals surface area contributed by atoms with Crippen LogP contribution in [0.15, 0.2) is 11.1 Å². The molecular weight excluding hydrogens is 369 g/mol. The van der Waals surface area contributed by atoms with Crippen LogP contribution in [0.2, 0.25) is 0 Å². The number of aromatic amines is 1. The van der Waals surface area contributed by atoms with Gasteiger partial charge in [0.25, 0.3) is 5.56 Å². The molecule has 0 spiro atoms. The van der Waals surface area contributed by atoms with Crippen LogP contribution < -0.4 is 11.3 Å². The molecule has 0 radical (unpaired) electrons. The fourth-order valence-electron chi connectivity index (χ4n) is 2.26. The molecule has 6 N–H and O–H groups in total. The highest BCUT2D eigenvalue weighted by molar-refractivity contribution is 7.74. The van der Waals surface area contributed by atoms with E-state index in [-0.39, 0.29) is 49.5 Å². The number of unbranched alkanes of at least 4 members (excludes halogenated alkanes) is 1. The van der Waals surface area contributed by atoms with Gasteiger partial charge >= 0.3 is 13.1 Å². The summed E-state index contributed by atoms with van der Waals surface area (Å²) in [5.41, 5.74) is 3.71. The van der Waals surface area contributed by atoms with E-state index in [0.717, 1.165) is 0 Å². The molecule has 2 atom stereocenters. The Kier molecular flexibility index (Phi) is 6.48. The second-order valence-corrected chi connectivity index (χ2v) is 7.84. The fraction of sp³-hybridized carbons (Fsp3) is 0.538. The van der Waals surface area contributed by atoms with E-state index >= 15 is 0 Å². The summed E-state index contributed by atoms with van der Waals surface area (Å²) in [6, 6.07) is 0. The average Bonchev–Trinajstić information content (AvgIpc) is 2.96. The van der Waals surface area contributed by atoms with E-state index in [0.29, 0.717) is 6.42 Å². The summed E-state index contributed by atoms with van der Waals surface area (Å²) in [5, 5.41) is 18.0. The largest absolute Gasteiger partial charge is 0.474 e. The molecule has 2 heterocycles. The Morgan fingerprint density at radius 3 is 2.85 bits per heavy atom. The van der Waals surface area contributed by atoms with E-state index in [1.165, 1.54) is 10.9 Å². The molecule has 0 aliphatic heterocycles. The number of nitrogen functional groups attached to an aromatic ring is 1. The van der Waals surface area contributed by atoms with Crippen molar-refractivity contribution in [3.8, 4) is 0 Å². The predicted octanol–water partition coefficient (Wildman–Crippen LogP) is -0.192. The first-order valence-corrected chi connectivity index (χ1v) is 9.57. The number of aromatic nitrogens is 4. The van der Waals surface area contributed by atoms with Gasteiger partial charge < -0.3 is 30.1 Å². The Morgan fingerprint density at radius 2 is 2.19 bits per heavy atom. The van der Waals surface area contributed by atoms with Crippen molar-refractivity contribution in [1.82, 2.24) is 19.5 Å². The Labute approximate surface area is 147 Å². The van der Waals surface area contributed by atoms with Gasteiger partial charge in [0, 0.05) is 12.8 Å². The lowest BCUT2D eigenvalue weighted by atomic mass is 10.3. The normalized spacial score (nSPS) is 15.0. The quantitative estimate of drug-likeness (QED) is 0.268. The van der Waals surface area contributed by atoms with Crippen LogP contribution in [0.4, 0.5) is 10.7 Å². The highest BCUT2D eigenvalue weighted by Gasteiger charge is 2.27. The number of carboxylic acid groups (broad SMARTS) is 1. The van der Waals surface area contributed by atoms with Gasteiger partial charge in [0.15, 0.2) is 11.2 Å². The van der Waals surface area contributed by atoms with Crippen LogP contribution >= 0.6 is 7.37 Å². The molecule has 0 aromatic carbocycles. The van der Waals surface area contributed by atoms with Crippen molar-refractivity contribution >= 4 is 30.2 Å². The topological polar surface area (TPSA) is 194 Å². The summed E-state index contributed by atoms with van der Waals surface area (Å²) in [4.78, 5) is 41.7. The molecule has 2 unspecified atom stereocenters. The number of nitrogens with one attached hydrogen (secondary N) is 1. The van der Waals surface area contributed by atoms with Crippen molar-refractivity contribution < 1.29 is 29.2 Å². The van der Waals surface area contributed by atoms with Crippen LogP contribution in [0, 0.1) is 0 Å². The third kappa shape index (κ3) is 4.88. The molecule has 0 saturated carbocycles. The molecule has 0 bridgehead atoms. The van der Waals surface area contributed by atoms with Crippen LogP contribution in [0.25, 0.3) is 11.2 Å². The number of rotatable bonds is 10. The minimum atomic E-state index is -4.17. The second-order valence-electron chi connectivity index (χ2n) is 5.61. The Hall–Kier alpha value is -2.27. The number of H-pyrrole nitrogens is 1. The molecule has 13 heteroatoms. The summed E-state index contributed by atoms with van der Waals surface area (Å²) in [6.45, 7) is 0.0100. The lowest BCUT2D eigenvalue weighted by Gasteiger charge is -2.16. The molecule has 0 aliphatic rings. The third-order valence-electron chi connectivity index (χ3n) is 3.61. The first-order chi connectivity index (χ1) is 12.2. The monoisotopic (exact) mass is 389 g/mol. The van der Waals surface area contributed by atoms with Gasteiger partial charge in [-0.3, -0.25) is 14.3 Å². The number of aliphatic hydroxyl groups is 1. The van der Waals surface area contributed by atoms with Gasteiger partial charge in [-0.05, 0) is 12.8 Å². The third-order valence-corrected chi connectivity index (χ3v) is 5.13. The number of nitrogens with zero attached hydrogens (tertiary/aromatic N) is 3. The number of fused-ring (bicyclic) bond motifs is 1. The standard InChI is InChI=1S/C13H20N5O7P/c14-12-16-10-9(11(20)17-12)15-7-18(10)5-8(6-19)25-3-1-2-4-26(23,24)13(21)22/h7-8,19H,1-6H2,(H,21,22)(H,23,24)(H3,14,16,17,20). The molecule has 0 aliphatic carbocycles. The molecule has 2 rings (SSSR count). The van der Waals surface area contributed by atoms with Gasteiger partial charge in [-0.15, -0.1) is 0 Å². The number of carbonyl (C=O) groups is 1. The molecular formula is C13H20N5O7P. The zero-order valence-corrected chi connectivity index (χ0v) is 14.6. The number of ether oxygens (including phenoxy) is 1. The average molecular weight is 389 g/mol. The van der Waals surface area contributed by atoms with Crippen molar-refractivity contribution in [3.05, 3.63) is 16.7 Å². The van der Waals surface area contributed by atoms with E-state index in [9.17, 15) is 24.2 Å². The highest BCUT2D eigenvalue weighted by atomic mass is 31.2. The summed E-state index contributed by atoms with van der Waals surface area (Å²) >= 11 is 0. The first-order valence-electron chi connectivity index (χ1n) is 7.73. The fourth-order valence-corrected chi connectivity index (χ4v) is 3.10. The van der Waals surface area contributed by atoms with E-state index < -0.39 is 24.7 Å². The van der Waals surface area contributed by atoms with Crippen molar-refractivity contribution in [2.24, 2.45) is 0 Å². The van der Waals surface area contributed by atoms with Gasteiger partial charge in [-0.25, -0.2) is 9.78 Å². The molecule has 0 amide bonds. The first kappa shape index (κ1) is 20.0. The lowest BCUT2D eigenvalue weighted by Crippen LogP contribution is -2.25. The zero-order valence-electron chi connectivity index (χ0n) is 13.7. The molecule has 12 nitrogen and oxygen atoms in total. The lowest BCUT2D eigenvalue weighted by molar-refractivity contribution is 0.00237. The van der Waals surface area contributed by atoms with Crippen molar-refractivity contribution in [2.45, 2.75) is 25.5 Å². The second kappa shape index (κ2) is 8.41. The molecule has 0 saturated heterocycles. The summed E-state index contributed by atoms with van der Waals surface area (Å²) < 4.78 is 18.3. The van der Waals surface area contributed by atoms with E-state index in [4.69, 9.17) is 15.6 Å². The smallest absolute Gasteiger partial charge is 0.388 e. The summed E-state index contributed by atoms with van der Waals surface area (Å²) in [5.74, 6) is -0.0578. The van der Waals surface area contributed by atoms with Crippen LogP contribution in [-0.4, -0.2) is 65.8 Å². The minimum absolute atomic E-state index is 0.0578. The molecule has 2 aromatic rings. The van der Waals surface area contributed by atoms with Crippen molar-refractivity contribution in [3.63, 3.8) is 0 Å². The highest BCUT2D eigenvalue weighted by Crippen LogP contribution is 2.41. The van der Waals surface area contributed by atoms with Crippen molar-refractivity contribution in [1.29, 1.82) is 0 Å². The molecule has 0 fully saturated rings. The zero-order chi connectivity index (χ0) is 19.3. The van der Waals surface area contributed by atoms with E-state index in [1.54, 1.807) is 0 Å². The van der Waals surface area contributed by atoms with Crippen LogP contribution in [-0.2, 0) is 15.8 Å². The number of nitrogens with two attached hydrogens (primary N) is 1. The Balaban J connectivity index is 1.89. The van der Waals surface area contributed by atoms with Crippen LogP contribution in [0.3, 0.4) is 0 Å². The number of hydrogen-bond donors (Lipinski definition) is 5. The molecule has 2 aromatic heterocycles. The maximum absolute atomic E-state index is 11.7. The van der Waals surface area contributed by atoms with Gasteiger partial charge in [0.05, 0.1) is 25.6 Å². The van der Waals surface area contributed by atoms with Gasteiger partial charge in [-0.1, -0.05) is 0 Å². The number of aliphatic hydroxyl groups excluding tert-OH is 1. The van der Waals surface area contributed by atoms with Gasteiger partial charge in [0.2, 0.25) is 5.95 Å². The van der Waals surface area contributed by atoms with E-state index in [1.807, 2.05) is 0 Å². The minimum Gasteiger partial charge on any atom is -0.474 e. The molecule has 26 heavy (non-hydrogen) atoms. The maximum atomic E-state index is 11.7. The number of anilines is 1. The van der Waals surface area contributed by atoms with Gasteiger partial charge in [-0.2, -0.15) is 4.98 Å². The molecule has 144 valence electrons. The predicted molar refractivity (Wildman–Crippen MR) is 91.3 cm³/mol. The maximum Gasteiger partial charge on any atom is 0.388 e. The number of imidazole rings is 1. The SMILES string of the molecule is Nc1nc2c(ncn2CC(CO)OCCCCP(=O)(O)C(=O)O)c(=O)[nH]1. The van der Waals surface area contributed by atoms with Crippen molar-refractivity contribution in [2.75, 3.05) is 25.1 Å². The summed E-state index contributed by atoms with van der Waals surface area (Å²) in [6.07, 6.45) is 0.958. The van der Waals surface area contributed by atoms with Gasteiger partial charge in [0.1, 0.15) is 0 Å². The number of hydrogen-bond acceptors (Lipinski definition) is 8.